The molecule has 46 heavy (non-hydrogen) atoms. The van der Waals surface area contributed by atoms with Gasteiger partial charge in [-0.25, -0.2) is 26.7 Å². The van der Waals surface area contributed by atoms with Gasteiger partial charge in [-0.3, -0.25) is 14.1 Å². The lowest BCUT2D eigenvalue weighted by Crippen LogP contribution is -2.39. The van der Waals surface area contributed by atoms with Crippen molar-refractivity contribution in [3.05, 3.63) is 53.3 Å². The first-order valence-corrected chi connectivity index (χ1v) is 18.4. The molecule has 0 fully saturated rings. The first-order chi connectivity index (χ1) is 21.8. The molecule has 4 rings (SSSR count). The minimum atomic E-state index is -3.86. The van der Waals surface area contributed by atoms with E-state index in [9.17, 15) is 21.2 Å². The zero-order chi connectivity index (χ0) is 33.5. The van der Waals surface area contributed by atoms with Gasteiger partial charge in [0, 0.05) is 43.0 Å². The number of amidine groups is 1. The minimum Gasteiger partial charge on any atom is -0.455 e. The number of sulfone groups is 1. The van der Waals surface area contributed by atoms with Crippen LogP contribution in [0.5, 0.6) is 0 Å². The van der Waals surface area contributed by atoms with Crippen LogP contribution in [0.2, 0.25) is 0 Å². The van der Waals surface area contributed by atoms with Crippen molar-refractivity contribution in [1.29, 1.82) is 0 Å². The number of hydrogen-bond acceptors (Lipinski definition) is 11. The number of benzene rings is 2. The number of fused-ring (bicyclic) bond motifs is 2. The van der Waals surface area contributed by atoms with Crippen LogP contribution in [0.15, 0.2) is 45.8 Å². The second kappa shape index (κ2) is 15.6. The Morgan fingerprint density at radius 3 is 2.28 bits per heavy atom. The van der Waals surface area contributed by atoms with Gasteiger partial charge in [0.05, 0.1) is 81.7 Å². The molecule has 1 aliphatic heterocycles. The largest absolute Gasteiger partial charge is 0.455 e. The molecule has 13 nitrogen and oxygen atoms in total. The molecule has 0 saturated heterocycles. The van der Waals surface area contributed by atoms with Crippen molar-refractivity contribution in [3.8, 4) is 11.3 Å². The maximum absolute atomic E-state index is 13.9. The van der Waals surface area contributed by atoms with E-state index in [1.807, 2.05) is 0 Å². The van der Waals surface area contributed by atoms with Gasteiger partial charge >= 0.3 is 0 Å². The van der Waals surface area contributed by atoms with Crippen molar-refractivity contribution >= 4 is 42.4 Å². The van der Waals surface area contributed by atoms with Crippen molar-refractivity contribution in [3.63, 3.8) is 0 Å². The van der Waals surface area contributed by atoms with Crippen molar-refractivity contribution in [1.82, 2.24) is 5.48 Å². The van der Waals surface area contributed by atoms with E-state index in [4.69, 9.17) is 28.2 Å². The van der Waals surface area contributed by atoms with Crippen molar-refractivity contribution in [2.45, 2.75) is 19.1 Å². The highest BCUT2D eigenvalue weighted by Gasteiger charge is 2.35. The molecular formula is C30H40FN3O10S2. The fraction of sp³-hybridized carbons (Fsp3) is 0.500. The Bertz CT molecular complexity index is 1730. The number of sulfonamides is 1. The first-order valence-electron chi connectivity index (χ1n) is 14.5. The van der Waals surface area contributed by atoms with Crippen molar-refractivity contribution in [2.75, 3.05) is 82.9 Å². The van der Waals surface area contributed by atoms with Crippen LogP contribution in [0.25, 0.3) is 22.3 Å². The summed E-state index contributed by atoms with van der Waals surface area (Å²) < 4.78 is 93.4. The number of hydrogen-bond donors (Lipinski definition) is 1. The van der Waals surface area contributed by atoms with Crippen LogP contribution >= 0.6 is 0 Å². The predicted octanol–water partition coefficient (Wildman–Crippen LogP) is 3.09. The Morgan fingerprint density at radius 1 is 1.02 bits per heavy atom. The normalized spacial score (nSPS) is 17.7. The molecule has 0 saturated carbocycles. The number of hydroxylamine groups is 1. The topological polar surface area (TPSA) is 155 Å². The lowest BCUT2D eigenvalue weighted by atomic mass is 10.0. The molecule has 0 unspecified atom stereocenters. The Morgan fingerprint density at radius 2 is 1.67 bits per heavy atom. The average Bonchev–Trinajstić information content (AvgIpc) is 3.28. The molecule has 0 amide bonds. The van der Waals surface area contributed by atoms with Crippen LogP contribution in [-0.4, -0.2) is 107 Å². The van der Waals surface area contributed by atoms with E-state index in [0.29, 0.717) is 65.5 Å². The third-order valence-corrected chi connectivity index (χ3v) is 9.19. The van der Waals surface area contributed by atoms with Gasteiger partial charge < -0.3 is 23.4 Å². The van der Waals surface area contributed by atoms with Gasteiger partial charge in [0.2, 0.25) is 10.0 Å². The minimum absolute atomic E-state index is 0.171. The molecule has 1 aromatic heterocycles. The number of nitrogens with one attached hydrogen (secondary N) is 1. The van der Waals surface area contributed by atoms with E-state index in [0.717, 1.165) is 16.8 Å². The second-order valence-corrected chi connectivity index (χ2v) is 14.8. The zero-order valence-electron chi connectivity index (χ0n) is 26.4. The maximum atomic E-state index is 13.9. The molecule has 1 N–H and O–H groups in total. The Kier molecular flexibility index (Phi) is 12.2. The van der Waals surface area contributed by atoms with Crippen LogP contribution in [-0.2, 0) is 43.6 Å². The predicted molar refractivity (Wildman–Crippen MR) is 172 cm³/mol. The van der Waals surface area contributed by atoms with E-state index in [1.54, 1.807) is 45.3 Å². The molecule has 0 radical (unpaired) electrons. The molecule has 0 bridgehead atoms. The summed E-state index contributed by atoms with van der Waals surface area (Å²) >= 11 is 0. The highest BCUT2D eigenvalue weighted by atomic mass is 32.2. The molecule has 2 atom stereocenters. The summed E-state index contributed by atoms with van der Waals surface area (Å²) in [4.78, 5) is 10.0. The quantitative estimate of drug-likeness (QED) is 0.109. The summed E-state index contributed by atoms with van der Waals surface area (Å²) in [7, 11) is -4.18. The number of ether oxygens (including phenoxy) is 4. The van der Waals surface area contributed by atoms with Crippen molar-refractivity contribution < 1.29 is 49.4 Å². The summed E-state index contributed by atoms with van der Waals surface area (Å²) in [6.07, 6.45) is 0.533. The van der Waals surface area contributed by atoms with E-state index in [-0.39, 0.29) is 31.3 Å². The zero-order valence-corrected chi connectivity index (χ0v) is 28.1. The lowest BCUT2D eigenvalue weighted by molar-refractivity contribution is -0.00754. The summed E-state index contributed by atoms with van der Waals surface area (Å²) in [5, 5.41) is 0.546. The fourth-order valence-corrected chi connectivity index (χ4v) is 6.87. The van der Waals surface area contributed by atoms with Crippen LogP contribution in [0.3, 0.4) is 0 Å². The summed E-state index contributed by atoms with van der Waals surface area (Å²) in [6, 6.07) is 9.04. The second-order valence-electron chi connectivity index (χ2n) is 10.7. The third kappa shape index (κ3) is 9.24. The van der Waals surface area contributed by atoms with Gasteiger partial charge in [-0.2, -0.15) is 0 Å². The average molecular weight is 686 g/mol. The van der Waals surface area contributed by atoms with Crippen LogP contribution < -0.4 is 9.79 Å². The molecule has 2 heterocycles. The first kappa shape index (κ1) is 35.7. The molecule has 0 spiro atoms. The van der Waals surface area contributed by atoms with Crippen LogP contribution in [0.4, 0.5) is 10.1 Å². The SMILES string of the molecule is CN=C(NOCCOCCOCCOC)c1c(-c2ccc(F)cc2)oc2cc3c(cc12)[C@H](C)O[C@H](CS(C)(=O)=O)CN3S(C)(=O)=O. The van der Waals surface area contributed by atoms with E-state index in [1.165, 1.54) is 12.1 Å². The smallest absolute Gasteiger partial charge is 0.232 e. The summed E-state index contributed by atoms with van der Waals surface area (Å²) in [6.45, 7) is 3.74. The molecule has 1 aliphatic rings. The third-order valence-electron chi connectivity index (χ3n) is 7.07. The van der Waals surface area contributed by atoms with Gasteiger partial charge in [0.25, 0.3) is 0 Å². The summed E-state index contributed by atoms with van der Waals surface area (Å²) in [5.74, 6) is -0.156. The maximum Gasteiger partial charge on any atom is 0.232 e. The van der Waals surface area contributed by atoms with Gasteiger partial charge in [-0.15, -0.1) is 0 Å². The number of methoxy groups -OCH3 is 1. The number of rotatable bonds is 15. The molecular weight excluding hydrogens is 645 g/mol. The molecule has 16 heteroatoms. The van der Waals surface area contributed by atoms with Crippen LogP contribution in [0.1, 0.15) is 24.2 Å². The van der Waals surface area contributed by atoms with E-state index in [2.05, 4.69) is 10.5 Å². The number of nitrogens with zero attached hydrogens (tertiary/aromatic N) is 2. The van der Waals surface area contributed by atoms with Gasteiger partial charge in [-0.05, 0) is 37.3 Å². The molecule has 254 valence electrons. The number of furan rings is 1. The molecule has 2 aromatic carbocycles. The highest BCUT2D eigenvalue weighted by molar-refractivity contribution is 7.92. The van der Waals surface area contributed by atoms with E-state index < -0.39 is 37.9 Å². The lowest BCUT2D eigenvalue weighted by Gasteiger charge is -2.24. The molecule has 0 aliphatic carbocycles. The van der Waals surface area contributed by atoms with Gasteiger partial charge in [-0.1, -0.05) is 0 Å². The monoisotopic (exact) mass is 685 g/mol. The Labute approximate surface area is 268 Å². The fourth-order valence-electron chi connectivity index (χ4n) is 5.05. The highest BCUT2D eigenvalue weighted by Crippen LogP contribution is 2.42. The summed E-state index contributed by atoms with van der Waals surface area (Å²) in [5.41, 5.74) is 4.99. The number of aliphatic imine (C=N–C) groups is 1. The van der Waals surface area contributed by atoms with Crippen molar-refractivity contribution in [2.24, 2.45) is 4.99 Å². The van der Waals surface area contributed by atoms with Crippen LogP contribution in [0, 0.1) is 5.82 Å². The number of anilines is 1. The Hall–Kier alpha value is -3.12. The number of halogens is 1. The standard InChI is InChI=1S/C30H40FN3O10S2/c1-20-24-16-25-27(17-26(24)34(46(5,37)38)18-23(43-20)19-45(4,35)36)44-29(21-6-8-22(31)9-7-21)28(25)30(32-2)33-42-15-14-41-13-12-40-11-10-39-3/h6-9,16-17,20,23H,10-15,18-19H2,1-5H3,(H,32,33)/t20-,23-/m0/s1. The van der Waals surface area contributed by atoms with E-state index >= 15 is 0 Å². The molecule has 3 aromatic rings. The van der Waals surface area contributed by atoms with Gasteiger partial charge in [0.15, 0.2) is 5.84 Å². The Balaban J connectivity index is 1.69. The van der Waals surface area contributed by atoms with Gasteiger partial charge in [0.1, 0.15) is 27.0 Å².